The molecule has 56 heavy (non-hydrogen) atoms. The summed E-state index contributed by atoms with van der Waals surface area (Å²) in [6, 6.07) is 74.7. The molecule has 0 fully saturated rings. The Balaban J connectivity index is 1.09. The van der Waals surface area contributed by atoms with Gasteiger partial charge < -0.3 is 20.2 Å². The van der Waals surface area contributed by atoms with Crippen molar-refractivity contribution in [2.75, 3.05) is 0 Å². The van der Waals surface area contributed by atoms with E-state index in [9.17, 15) is 0 Å². The molecule has 9 aromatic rings. The highest BCUT2D eigenvalue weighted by molar-refractivity contribution is 6.12. The summed E-state index contributed by atoms with van der Waals surface area (Å²) in [5, 5.41) is 9.88. The number of nitrogens with two attached hydrogens (primary N) is 1. The SMILES string of the molecule is c1ccc(C2=NC(c3ccc(-n4c5ccccc5c5cc6c(cc54)C(c4ccccc4)(c4ccccc4)c4ccccc4-6)cc3)[NH2+]C(c3ccccc3)[N-]2)cc1. The van der Waals surface area contributed by atoms with Crippen LogP contribution in [0, 0.1) is 0 Å². The molecular formula is C52H38N4. The normalized spacial score (nSPS) is 16.9. The van der Waals surface area contributed by atoms with Crippen LogP contribution in [0.3, 0.4) is 0 Å². The Kier molecular flexibility index (Phi) is 7.58. The Morgan fingerprint density at radius 3 is 1.80 bits per heavy atom. The quantitative estimate of drug-likeness (QED) is 0.178. The summed E-state index contributed by atoms with van der Waals surface area (Å²) >= 11 is 0. The van der Waals surface area contributed by atoms with Gasteiger partial charge in [-0.05, 0) is 75.1 Å². The third kappa shape index (κ3) is 5.00. The molecular weight excluding hydrogens is 681 g/mol. The fourth-order valence-electron chi connectivity index (χ4n) is 9.32. The number of aliphatic imine (C=N–C) groups is 1. The molecule has 4 nitrogen and oxygen atoms in total. The number of quaternary nitrogens is 1. The second-order valence-corrected chi connectivity index (χ2v) is 14.8. The maximum atomic E-state index is 5.21. The second kappa shape index (κ2) is 13.1. The first-order chi connectivity index (χ1) is 27.8. The minimum absolute atomic E-state index is 0.0911. The molecule has 8 aromatic carbocycles. The molecule has 11 rings (SSSR count). The Morgan fingerprint density at radius 1 is 0.482 bits per heavy atom. The number of hydrogen-bond donors (Lipinski definition) is 1. The number of fused-ring (bicyclic) bond motifs is 6. The third-order valence-corrected chi connectivity index (χ3v) is 11.8. The number of benzene rings is 8. The van der Waals surface area contributed by atoms with Crippen molar-refractivity contribution < 1.29 is 5.32 Å². The minimum atomic E-state index is -0.473. The second-order valence-electron chi connectivity index (χ2n) is 14.8. The van der Waals surface area contributed by atoms with Gasteiger partial charge in [-0.15, -0.1) is 0 Å². The van der Waals surface area contributed by atoms with E-state index in [0.29, 0.717) is 0 Å². The van der Waals surface area contributed by atoms with Gasteiger partial charge in [-0.25, -0.2) is 0 Å². The summed E-state index contributed by atoms with van der Waals surface area (Å²) in [5.41, 5.74) is 14.1. The number of nitrogens with zero attached hydrogens (tertiary/aromatic N) is 3. The molecule has 2 unspecified atom stereocenters. The zero-order valence-electron chi connectivity index (χ0n) is 30.7. The molecule has 0 saturated carbocycles. The zero-order chi connectivity index (χ0) is 37.1. The van der Waals surface area contributed by atoms with Crippen molar-refractivity contribution in [2.24, 2.45) is 4.99 Å². The van der Waals surface area contributed by atoms with Crippen molar-refractivity contribution in [3.63, 3.8) is 0 Å². The Hall–Kier alpha value is -7.01. The molecule has 4 heteroatoms. The van der Waals surface area contributed by atoms with Crippen LogP contribution >= 0.6 is 0 Å². The van der Waals surface area contributed by atoms with Gasteiger partial charge in [-0.2, -0.15) is 0 Å². The van der Waals surface area contributed by atoms with E-state index < -0.39 is 5.41 Å². The molecule has 1 aliphatic carbocycles. The molecule has 0 amide bonds. The third-order valence-electron chi connectivity index (χ3n) is 11.8. The van der Waals surface area contributed by atoms with Gasteiger partial charge >= 0.3 is 0 Å². The van der Waals surface area contributed by atoms with Crippen molar-refractivity contribution in [1.29, 1.82) is 0 Å². The van der Waals surface area contributed by atoms with Gasteiger partial charge in [0.1, 0.15) is 12.3 Å². The predicted octanol–water partition coefficient (Wildman–Crippen LogP) is 11.2. The van der Waals surface area contributed by atoms with Gasteiger partial charge in [0.25, 0.3) is 0 Å². The van der Waals surface area contributed by atoms with Crippen LogP contribution in [0.15, 0.2) is 211 Å². The Bertz CT molecular complexity index is 2860. The Labute approximate surface area is 326 Å². The van der Waals surface area contributed by atoms with Gasteiger partial charge in [0.05, 0.1) is 16.4 Å². The lowest BCUT2D eigenvalue weighted by atomic mass is 9.67. The van der Waals surface area contributed by atoms with Gasteiger partial charge in [0, 0.05) is 27.6 Å². The maximum Gasteiger partial charge on any atom is 0.125 e. The van der Waals surface area contributed by atoms with Gasteiger partial charge in [-0.1, -0.05) is 176 Å². The highest BCUT2D eigenvalue weighted by atomic mass is 15.3. The smallest absolute Gasteiger partial charge is 0.125 e. The fourth-order valence-corrected chi connectivity index (χ4v) is 9.32. The molecule has 1 aromatic heterocycles. The first kappa shape index (κ1) is 32.4. The monoisotopic (exact) mass is 718 g/mol. The van der Waals surface area contributed by atoms with Crippen molar-refractivity contribution in [3.05, 3.63) is 251 Å². The average molecular weight is 719 g/mol. The molecule has 2 aliphatic rings. The lowest BCUT2D eigenvalue weighted by Gasteiger charge is -2.37. The standard InChI is InChI=1S/C52H37N4/c1-5-17-35(18-6-1)49-53-50(36-19-7-2-8-20-36)55-51(54-49)37-29-31-40(32-30-37)56-47-28-16-14-26-42(47)44-33-43-41-25-13-15-27-45(41)52(46(43)34-48(44)56,38-21-9-3-10-22-38)39-23-11-4-12-24-39/h1-34,49,51,54H/q-1/p+1. The predicted molar refractivity (Wildman–Crippen MR) is 228 cm³/mol. The topological polar surface area (TPSA) is 48.0 Å². The molecule has 0 radical (unpaired) electrons. The van der Waals surface area contributed by atoms with Gasteiger partial charge in [0.2, 0.25) is 0 Å². The number of para-hydroxylation sites is 1. The van der Waals surface area contributed by atoms with E-state index in [-0.39, 0.29) is 12.3 Å². The number of hydrogen-bond acceptors (Lipinski definition) is 1. The highest BCUT2D eigenvalue weighted by Gasteiger charge is 2.46. The van der Waals surface area contributed by atoms with E-state index in [2.05, 4.69) is 210 Å². The number of aromatic nitrogens is 1. The summed E-state index contributed by atoms with van der Waals surface area (Å²) in [5.74, 6) is 0.786. The highest BCUT2D eigenvalue weighted by Crippen LogP contribution is 2.57. The minimum Gasteiger partial charge on any atom is -0.408 e. The first-order valence-corrected chi connectivity index (χ1v) is 19.4. The van der Waals surface area contributed by atoms with Gasteiger partial charge in [-0.3, -0.25) is 0 Å². The first-order valence-electron chi connectivity index (χ1n) is 19.4. The van der Waals surface area contributed by atoms with E-state index >= 15 is 0 Å². The lowest BCUT2D eigenvalue weighted by molar-refractivity contribution is -0.727. The fraction of sp³-hybridized carbons (Fsp3) is 0.0577. The summed E-state index contributed by atoms with van der Waals surface area (Å²) in [7, 11) is 0. The summed E-state index contributed by atoms with van der Waals surface area (Å²) in [4.78, 5) is 5.21. The average Bonchev–Trinajstić information content (AvgIpc) is 3.76. The van der Waals surface area contributed by atoms with E-state index in [0.717, 1.165) is 22.6 Å². The van der Waals surface area contributed by atoms with Crippen LogP contribution in [-0.2, 0) is 5.41 Å². The molecule has 2 heterocycles. The van der Waals surface area contributed by atoms with Crippen LogP contribution in [0.1, 0.15) is 51.3 Å². The van der Waals surface area contributed by atoms with E-state index in [4.69, 9.17) is 10.3 Å². The maximum absolute atomic E-state index is 5.21. The molecule has 0 saturated heterocycles. The number of rotatable bonds is 6. The molecule has 0 bridgehead atoms. The van der Waals surface area contributed by atoms with Crippen molar-refractivity contribution in [1.82, 2.24) is 4.57 Å². The van der Waals surface area contributed by atoms with Crippen LogP contribution in [-0.4, -0.2) is 10.4 Å². The molecule has 266 valence electrons. The summed E-state index contributed by atoms with van der Waals surface area (Å²) in [6.45, 7) is 0. The number of amidine groups is 1. The van der Waals surface area contributed by atoms with Crippen molar-refractivity contribution in [2.45, 2.75) is 17.7 Å². The van der Waals surface area contributed by atoms with Crippen LogP contribution in [0.4, 0.5) is 0 Å². The molecule has 2 N–H and O–H groups in total. The zero-order valence-corrected chi connectivity index (χ0v) is 30.7. The van der Waals surface area contributed by atoms with E-state index in [1.165, 1.54) is 60.8 Å². The van der Waals surface area contributed by atoms with Crippen LogP contribution in [0.25, 0.3) is 43.9 Å². The summed E-state index contributed by atoms with van der Waals surface area (Å²) in [6.07, 6.45) is -0.231. The Morgan fingerprint density at radius 2 is 1.09 bits per heavy atom. The largest absolute Gasteiger partial charge is 0.408 e. The van der Waals surface area contributed by atoms with Gasteiger partial charge in [0.15, 0.2) is 0 Å². The van der Waals surface area contributed by atoms with Crippen LogP contribution < -0.4 is 5.32 Å². The van der Waals surface area contributed by atoms with E-state index in [1.54, 1.807) is 0 Å². The van der Waals surface area contributed by atoms with E-state index in [1.807, 2.05) is 6.07 Å². The van der Waals surface area contributed by atoms with Crippen molar-refractivity contribution >= 4 is 27.6 Å². The van der Waals surface area contributed by atoms with Crippen molar-refractivity contribution in [3.8, 4) is 16.8 Å². The molecule has 1 aliphatic heterocycles. The summed E-state index contributed by atoms with van der Waals surface area (Å²) < 4.78 is 2.45. The molecule has 2 atom stereocenters. The van der Waals surface area contributed by atoms with Crippen LogP contribution in [0.2, 0.25) is 0 Å². The van der Waals surface area contributed by atoms with Crippen LogP contribution in [0.5, 0.6) is 0 Å². The lowest BCUT2D eigenvalue weighted by Crippen LogP contribution is -2.87. The molecule has 0 spiro atoms.